The van der Waals surface area contributed by atoms with Gasteiger partial charge in [-0.15, -0.1) is 0 Å². The Bertz CT molecular complexity index is 1020. The number of aryl methyl sites for hydroxylation is 1. The Labute approximate surface area is 178 Å². The molecule has 2 aromatic carbocycles. The lowest BCUT2D eigenvalue weighted by atomic mass is 10.1. The number of hydrogen-bond acceptors (Lipinski definition) is 3. The maximum absolute atomic E-state index is 12.5. The number of ether oxygens (including phenoxy) is 1. The number of halogens is 3. The van der Waals surface area contributed by atoms with Crippen LogP contribution in [0, 0.1) is 6.92 Å². The fourth-order valence-corrected chi connectivity index (χ4v) is 2.89. The molecule has 0 amide bonds. The largest absolute Gasteiger partial charge is 0.484 e. The number of aliphatic imine (C=N–C) groups is 1. The number of guanidine groups is 1. The van der Waals surface area contributed by atoms with Crippen molar-refractivity contribution in [2.45, 2.75) is 26.2 Å². The zero-order chi connectivity index (χ0) is 22.3. The summed E-state index contributed by atoms with van der Waals surface area (Å²) in [6.45, 7) is 1.11. The molecule has 0 fully saturated rings. The van der Waals surface area contributed by atoms with Gasteiger partial charge in [0.15, 0.2) is 12.6 Å². The summed E-state index contributed by atoms with van der Waals surface area (Å²) in [7, 11) is 1.61. The molecular weight excluding hydrogens is 407 g/mol. The van der Waals surface area contributed by atoms with Crippen LogP contribution < -0.4 is 15.4 Å². The zero-order valence-corrected chi connectivity index (χ0v) is 17.3. The van der Waals surface area contributed by atoms with E-state index in [1.165, 1.54) is 0 Å². The third kappa shape index (κ3) is 6.77. The summed E-state index contributed by atoms with van der Waals surface area (Å²) >= 11 is 0. The van der Waals surface area contributed by atoms with Crippen molar-refractivity contribution in [3.8, 4) is 17.0 Å². The van der Waals surface area contributed by atoms with Crippen LogP contribution in [0.3, 0.4) is 0 Å². The fourth-order valence-electron chi connectivity index (χ4n) is 2.89. The zero-order valence-electron chi connectivity index (χ0n) is 17.3. The third-order valence-corrected chi connectivity index (χ3v) is 4.42. The Morgan fingerprint density at radius 1 is 1.10 bits per heavy atom. The number of aromatic amines is 1. The quantitative estimate of drug-likeness (QED) is 0.387. The smallest absolute Gasteiger partial charge is 0.422 e. The van der Waals surface area contributed by atoms with Crippen molar-refractivity contribution in [2.75, 3.05) is 13.7 Å². The molecule has 3 aromatic rings. The Balaban J connectivity index is 1.57. The Morgan fingerprint density at radius 2 is 1.84 bits per heavy atom. The van der Waals surface area contributed by atoms with Crippen LogP contribution in [0.4, 0.5) is 13.2 Å². The van der Waals surface area contributed by atoms with Crippen LogP contribution in [-0.4, -0.2) is 35.8 Å². The van der Waals surface area contributed by atoms with Crippen molar-refractivity contribution < 1.29 is 17.9 Å². The highest BCUT2D eigenvalue weighted by Gasteiger charge is 2.28. The van der Waals surface area contributed by atoms with Gasteiger partial charge in [-0.05, 0) is 24.1 Å². The molecule has 6 nitrogen and oxygen atoms in total. The first-order chi connectivity index (χ1) is 14.8. The summed E-state index contributed by atoms with van der Waals surface area (Å²) in [6, 6.07) is 15.0. The standard InChI is InChI=1S/C22H24F3N5O/c1-15-8-9-17(19(10-15)31-14-22(23,24)25)11-28-21(26-2)29-13-20-27-12-18(30-20)16-6-4-3-5-7-16/h3-10,12H,11,13-14H2,1-2H3,(H,27,30)(H2,26,28,29). The third-order valence-electron chi connectivity index (χ3n) is 4.42. The van der Waals surface area contributed by atoms with E-state index in [1.54, 1.807) is 32.3 Å². The van der Waals surface area contributed by atoms with Gasteiger partial charge in [0.1, 0.15) is 11.6 Å². The van der Waals surface area contributed by atoms with Crippen LogP contribution >= 0.6 is 0 Å². The van der Waals surface area contributed by atoms with Crippen molar-refractivity contribution >= 4 is 5.96 Å². The van der Waals surface area contributed by atoms with Crippen LogP contribution in [-0.2, 0) is 13.1 Å². The molecule has 1 heterocycles. The van der Waals surface area contributed by atoms with E-state index in [-0.39, 0.29) is 12.3 Å². The fraction of sp³-hybridized carbons (Fsp3) is 0.273. The summed E-state index contributed by atoms with van der Waals surface area (Å²) in [5.74, 6) is 1.41. The van der Waals surface area contributed by atoms with Crippen molar-refractivity contribution in [1.29, 1.82) is 0 Å². The summed E-state index contributed by atoms with van der Waals surface area (Å²) in [4.78, 5) is 11.8. The number of hydrogen-bond donors (Lipinski definition) is 3. The molecule has 0 saturated heterocycles. The molecule has 164 valence electrons. The topological polar surface area (TPSA) is 74.3 Å². The molecule has 0 aliphatic rings. The van der Waals surface area contributed by atoms with Crippen LogP contribution in [0.2, 0.25) is 0 Å². The lowest BCUT2D eigenvalue weighted by Crippen LogP contribution is -2.36. The van der Waals surface area contributed by atoms with Gasteiger partial charge in [0.2, 0.25) is 0 Å². The number of aromatic nitrogens is 2. The Kier molecular flexibility index (Phi) is 7.17. The minimum atomic E-state index is -4.40. The van der Waals surface area contributed by atoms with Crippen molar-refractivity contribution in [1.82, 2.24) is 20.6 Å². The molecule has 0 unspecified atom stereocenters. The SMILES string of the molecule is CN=C(NCc1ncc(-c2ccccc2)[nH]1)NCc1ccc(C)cc1OCC(F)(F)F. The van der Waals surface area contributed by atoms with Crippen molar-refractivity contribution in [2.24, 2.45) is 4.99 Å². The minimum Gasteiger partial charge on any atom is -0.484 e. The second-order valence-electron chi connectivity index (χ2n) is 6.90. The predicted octanol–water partition coefficient (Wildman–Crippen LogP) is 4.19. The molecule has 3 N–H and O–H groups in total. The van der Waals surface area contributed by atoms with Gasteiger partial charge in [-0.1, -0.05) is 42.5 Å². The van der Waals surface area contributed by atoms with Gasteiger partial charge >= 0.3 is 6.18 Å². The summed E-state index contributed by atoms with van der Waals surface area (Å²) < 4.78 is 42.6. The van der Waals surface area contributed by atoms with Gasteiger partial charge in [-0.2, -0.15) is 13.2 Å². The van der Waals surface area contributed by atoms with Crippen LogP contribution in [0.5, 0.6) is 5.75 Å². The summed E-state index contributed by atoms with van der Waals surface area (Å²) in [5, 5.41) is 6.22. The number of nitrogens with one attached hydrogen (secondary N) is 3. The highest BCUT2D eigenvalue weighted by atomic mass is 19.4. The van der Waals surface area contributed by atoms with Crippen LogP contribution in [0.1, 0.15) is 17.0 Å². The van der Waals surface area contributed by atoms with Gasteiger partial charge in [0.25, 0.3) is 0 Å². The normalized spacial score (nSPS) is 12.0. The lowest BCUT2D eigenvalue weighted by molar-refractivity contribution is -0.153. The first-order valence-corrected chi connectivity index (χ1v) is 9.67. The van der Waals surface area contributed by atoms with Gasteiger partial charge in [0.05, 0.1) is 18.4 Å². The summed E-state index contributed by atoms with van der Waals surface area (Å²) in [5.41, 5.74) is 3.36. The molecule has 0 saturated carbocycles. The van der Waals surface area contributed by atoms with Crippen molar-refractivity contribution in [3.63, 3.8) is 0 Å². The highest BCUT2D eigenvalue weighted by Crippen LogP contribution is 2.23. The average Bonchev–Trinajstić information content (AvgIpc) is 3.22. The molecule has 0 aliphatic heterocycles. The number of nitrogens with zero attached hydrogens (tertiary/aromatic N) is 2. The molecule has 0 bridgehead atoms. The number of alkyl halides is 3. The number of H-pyrrole nitrogens is 1. The molecule has 0 atom stereocenters. The Hall–Kier alpha value is -3.49. The molecule has 0 radical (unpaired) electrons. The number of imidazole rings is 1. The molecule has 1 aromatic heterocycles. The second kappa shape index (κ2) is 10.0. The van der Waals surface area contributed by atoms with Crippen LogP contribution in [0.15, 0.2) is 59.7 Å². The maximum Gasteiger partial charge on any atom is 0.422 e. The van der Waals surface area contributed by atoms with Crippen molar-refractivity contribution in [3.05, 3.63) is 71.7 Å². The Morgan fingerprint density at radius 3 is 2.55 bits per heavy atom. The first-order valence-electron chi connectivity index (χ1n) is 9.67. The van der Waals surface area contributed by atoms with Gasteiger partial charge in [0, 0.05) is 19.2 Å². The first kappa shape index (κ1) is 22.2. The van der Waals surface area contributed by atoms with E-state index < -0.39 is 12.8 Å². The minimum absolute atomic E-state index is 0.193. The van der Waals surface area contributed by atoms with E-state index in [0.29, 0.717) is 18.1 Å². The highest BCUT2D eigenvalue weighted by molar-refractivity contribution is 5.79. The molecule has 0 spiro atoms. The van der Waals surface area contributed by atoms with E-state index in [0.717, 1.165) is 22.6 Å². The van der Waals surface area contributed by atoms with Crippen LogP contribution in [0.25, 0.3) is 11.3 Å². The second-order valence-corrected chi connectivity index (χ2v) is 6.90. The number of rotatable bonds is 7. The van der Waals surface area contributed by atoms with E-state index in [2.05, 4.69) is 25.6 Å². The van der Waals surface area contributed by atoms with E-state index in [4.69, 9.17) is 4.74 Å². The molecule has 9 heteroatoms. The van der Waals surface area contributed by atoms with Gasteiger partial charge < -0.3 is 20.4 Å². The monoisotopic (exact) mass is 431 g/mol. The van der Waals surface area contributed by atoms with E-state index in [1.807, 2.05) is 36.4 Å². The van der Waals surface area contributed by atoms with E-state index >= 15 is 0 Å². The average molecular weight is 431 g/mol. The summed E-state index contributed by atoms with van der Waals surface area (Å²) in [6.07, 6.45) is -2.63. The predicted molar refractivity (Wildman–Crippen MR) is 114 cm³/mol. The maximum atomic E-state index is 12.5. The molecule has 31 heavy (non-hydrogen) atoms. The molecule has 3 rings (SSSR count). The van der Waals surface area contributed by atoms with Gasteiger partial charge in [-0.3, -0.25) is 4.99 Å². The molecule has 0 aliphatic carbocycles. The number of benzene rings is 2. The molecular formula is C22H24F3N5O. The lowest BCUT2D eigenvalue weighted by Gasteiger charge is -2.16. The van der Waals surface area contributed by atoms with E-state index in [9.17, 15) is 13.2 Å². The van der Waals surface area contributed by atoms with Gasteiger partial charge in [-0.25, -0.2) is 4.98 Å².